The van der Waals surface area contributed by atoms with Crippen LogP contribution in [0.25, 0.3) is 0 Å². The van der Waals surface area contributed by atoms with Crippen LogP contribution in [0, 0.1) is 0 Å². The molecular weight excluding hydrogens is 262 g/mol. The molecule has 14 heavy (non-hydrogen) atoms. The first-order valence-corrected chi connectivity index (χ1v) is 6.48. The summed E-state index contributed by atoms with van der Waals surface area (Å²) in [4.78, 5) is 12.5. The lowest BCUT2D eigenvalue weighted by molar-refractivity contribution is -0.118. The first-order chi connectivity index (χ1) is 6.81. The van der Waals surface area contributed by atoms with Gasteiger partial charge in [-0.05, 0) is 11.1 Å². The van der Waals surface area contributed by atoms with Crippen molar-refractivity contribution in [1.82, 2.24) is 5.32 Å². The summed E-state index contributed by atoms with van der Waals surface area (Å²) in [7, 11) is 0. The molecule has 74 valence electrons. The number of nitrogens with one attached hydrogen (secondary N) is 1. The molecule has 0 spiro atoms. The molecule has 1 amide bonds. The van der Waals surface area contributed by atoms with Crippen LogP contribution in [0.5, 0.6) is 0 Å². The van der Waals surface area contributed by atoms with E-state index in [1.807, 2.05) is 6.07 Å². The Morgan fingerprint density at radius 3 is 3.14 bits per heavy atom. The fourth-order valence-corrected chi connectivity index (χ4v) is 3.13. The summed E-state index contributed by atoms with van der Waals surface area (Å²) >= 11 is 5.09. The maximum Gasteiger partial charge on any atom is 0.230 e. The summed E-state index contributed by atoms with van der Waals surface area (Å²) < 4.78 is 0. The van der Waals surface area contributed by atoms with Crippen molar-refractivity contribution >= 4 is 33.6 Å². The average Bonchev–Trinajstić information content (AvgIpc) is 2.41. The number of fused-ring (bicyclic) bond motifs is 1. The normalized spacial score (nSPS) is 15.6. The van der Waals surface area contributed by atoms with Gasteiger partial charge < -0.3 is 5.32 Å². The molecule has 1 aromatic carbocycles. The van der Waals surface area contributed by atoms with Crippen LogP contribution in [-0.2, 0) is 16.7 Å². The van der Waals surface area contributed by atoms with Crippen molar-refractivity contribution in [2.24, 2.45) is 0 Å². The summed E-state index contributed by atoms with van der Waals surface area (Å²) in [6.45, 7) is 0.655. The average molecular weight is 272 g/mol. The van der Waals surface area contributed by atoms with E-state index in [2.05, 4.69) is 33.4 Å². The lowest BCUT2D eigenvalue weighted by Crippen LogP contribution is -2.22. The Hall–Kier alpha value is -0.480. The number of rotatable bonds is 1. The van der Waals surface area contributed by atoms with Crippen LogP contribution in [0.15, 0.2) is 23.1 Å². The van der Waals surface area contributed by atoms with Gasteiger partial charge in [0.2, 0.25) is 5.91 Å². The highest BCUT2D eigenvalue weighted by Gasteiger charge is 2.14. The number of carbonyl (C=O) groups excluding carboxylic acids is 1. The number of amides is 1. The molecule has 1 aliphatic rings. The Labute approximate surface area is 95.6 Å². The van der Waals surface area contributed by atoms with Gasteiger partial charge in [-0.3, -0.25) is 4.79 Å². The van der Waals surface area contributed by atoms with E-state index in [0.717, 1.165) is 5.33 Å². The SMILES string of the molecule is O=C1CSc2c(CBr)cccc2CN1. The number of thioether (sulfide) groups is 1. The second kappa shape index (κ2) is 4.36. The van der Waals surface area contributed by atoms with Gasteiger partial charge in [0.05, 0.1) is 5.75 Å². The van der Waals surface area contributed by atoms with Gasteiger partial charge in [0, 0.05) is 16.8 Å². The molecule has 2 rings (SSSR count). The zero-order valence-corrected chi connectivity index (χ0v) is 9.95. The molecule has 0 unspecified atom stereocenters. The lowest BCUT2D eigenvalue weighted by atomic mass is 10.1. The van der Waals surface area contributed by atoms with Crippen LogP contribution in [0.2, 0.25) is 0 Å². The quantitative estimate of drug-likeness (QED) is 0.795. The van der Waals surface area contributed by atoms with Gasteiger partial charge >= 0.3 is 0 Å². The standard InChI is InChI=1S/C10H10BrNOS/c11-4-7-2-1-3-8-5-12-9(13)6-14-10(7)8/h1-3H,4-6H2,(H,12,13). The second-order valence-corrected chi connectivity index (χ2v) is 4.65. The molecule has 0 fully saturated rings. The predicted octanol–water partition coefficient (Wildman–Crippen LogP) is 2.30. The van der Waals surface area contributed by atoms with E-state index >= 15 is 0 Å². The zero-order valence-electron chi connectivity index (χ0n) is 7.55. The van der Waals surface area contributed by atoms with Crippen molar-refractivity contribution in [3.8, 4) is 0 Å². The van der Waals surface area contributed by atoms with E-state index in [-0.39, 0.29) is 5.91 Å². The third-order valence-electron chi connectivity index (χ3n) is 2.15. The summed E-state index contributed by atoms with van der Waals surface area (Å²) in [5.41, 5.74) is 2.49. The molecule has 0 aliphatic carbocycles. The van der Waals surface area contributed by atoms with Crippen molar-refractivity contribution in [3.63, 3.8) is 0 Å². The number of benzene rings is 1. The monoisotopic (exact) mass is 271 g/mol. The molecule has 1 aliphatic heterocycles. The first-order valence-electron chi connectivity index (χ1n) is 4.37. The molecule has 0 atom stereocenters. The highest BCUT2D eigenvalue weighted by Crippen LogP contribution is 2.30. The number of hydrogen-bond donors (Lipinski definition) is 1. The minimum atomic E-state index is 0.117. The van der Waals surface area contributed by atoms with E-state index < -0.39 is 0 Å². The van der Waals surface area contributed by atoms with E-state index in [0.29, 0.717) is 12.3 Å². The second-order valence-electron chi connectivity index (χ2n) is 3.10. The van der Waals surface area contributed by atoms with Gasteiger partial charge in [-0.15, -0.1) is 11.8 Å². The van der Waals surface area contributed by atoms with E-state index in [9.17, 15) is 4.79 Å². The Bertz CT molecular complexity index is 367. The number of hydrogen-bond acceptors (Lipinski definition) is 2. The molecule has 1 heterocycles. The molecule has 0 saturated carbocycles. The van der Waals surface area contributed by atoms with Gasteiger partial charge in [0.15, 0.2) is 0 Å². The molecular formula is C10H10BrNOS. The molecule has 1 aromatic rings. The Kier molecular flexibility index (Phi) is 3.13. The summed E-state index contributed by atoms with van der Waals surface area (Å²) in [6, 6.07) is 6.20. The predicted molar refractivity (Wildman–Crippen MR) is 61.6 cm³/mol. The van der Waals surface area contributed by atoms with E-state index in [1.165, 1.54) is 16.0 Å². The minimum absolute atomic E-state index is 0.117. The summed E-state index contributed by atoms with van der Waals surface area (Å²) in [6.07, 6.45) is 0. The van der Waals surface area contributed by atoms with E-state index in [4.69, 9.17) is 0 Å². The zero-order chi connectivity index (χ0) is 9.97. The van der Waals surface area contributed by atoms with Crippen molar-refractivity contribution in [2.45, 2.75) is 16.8 Å². The lowest BCUT2D eigenvalue weighted by Gasteiger charge is -2.08. The largest absolute Gasteiger partial charge is 0.351 e. The third kappa shape index (κ3) is 1.96. The fourth-order valence-electron chi connectivity index (χ4n) is 1.45. The Balaban J connectivity index is 2.39. The van der Waals surface area contributed by atoms with Gasteiger partial charge in [-0.1, -0.05) is 34.1 Å². The maximum absolute atomic E-state index is 11.2. The molecule has 2 nitrogen and oxygen atoms in total. The number of halogens is 1. The smallest absolute Gasteiger partial charge is 0.230 e. The first kappa shape index (κ1) is 10.1. The minimum Gasteiger partial charge on any atom is -0.351 e. The van der Waals surface area contributed by atoms with Crippen LogP contribution < -0.4 is 5.32 Å². The number of carbonyl (C=O) groups is 1. The highest BCUT2D eigenvalue weighted by molar-refractivity contribution is 9.08. The van der Waals surface area contributed by atoms with Crippen LogP contribution in [-0.4, -0.2) is 11.7 Å². The van der Waals surface area contributed by atoms with Crippen molar-refractivity contribution in [2.75, 3.05) is 5.75 Å². The maximum atomic E-state index is 11.2. The molecule has 4 heteroatoms. The van der Waals surface area contributed by atoms with Gasteiger partial charge in [0.1, 0.15) is 0 Å². The fraction of sp³-hybridized carbons (Fsp3) is 0.300. The Morgan fingerprint density at radius 1 is 1.50 bits per heavy atom. The van der Waals surface area contributed by atoms with Crippen molar-refractivity contribution in [3.05, 3.63) is 29.3 Å². The molecule has 0 saturated heterocycles. The van der Waals surface area contributed by atoms with Crippen molar-refractivity contribution in [1.29, 1.82) is 0 Å². The van der Waals surface area contributed by atoms with Gasteiger partial charge in [-0.25, -0.2) is 0 Å². The molecule has 0 radical (unpaired) electrons. The van der Waals surface area contributed by atoms with Crippen LogP contribution in [0.4, 0.5) is 0 Å². The van der Waals surface area contributed by atoms with Crippen LogP contribution in [0.1, 0.15) is 11.1 Å². The highest BCUT2D eigenvalue weighted by atomic mass is 79.9. The molecule has 1 N–H and O–H groups in total. The number of alkyl halides is 1. The van der Waals surface area contributed by atoms with Crippen LogP contribution >= 0.6 is 27.7 Å². The van der Waals surface area contributed by atoms with Crippen LogP contribution in [0.3, 0.4) is 0 Å². The van der Waals surface area contributed by atoms with Gasteiger partial charge in [0.25, 0.3) is 0 Å². The molecule has 0 aromatic heterocycles. The van der Waals surface area contributed by atoms with Gasteiger partial charge in [-0.2, -0.15) is 0 Å². The Morgan fingerprint density at radius 2 is 2.36 bits per heavy atom. The van der Waals surface area contributed by atoms with E-state index in [1.54, 1.807) is 11.8 Å². The third-order valence-corrected chi connectivity index (χ3v) is 3.97. The van der Waals surface area contributed by atoms with Crippen molar-refractivity contribution < 1.29 is 4.79 Å². The molecule has 0 bridgehead atoms. The summed E-state index contributed by atoms with van der Waals surface area (Å²) in [5, 5.41) is 3.72. The summed E-state index contributed by atoms with van der Waals surface area (Å²) in [5.74, 6) is 0.642. The topological polar surface area (TPSA) is 29.1 Å².